The molecule has 0 spiro atoms. The number of hydrogen-bond donors (Lipinski definition) is 6. The standard InChI is InChI=1S/C21H27N5O11S/c1-34-25-13(12-3-2-4-35-12)16(30)23-14-17(31)26-15(19(32)37-10-21(7-27,8-28)9-29)11(6-38-18(14)26)5-36-20(22)24-33/h2-4,14,18,27-29,33H,5-10H2,1H3,(H2,22,24)(H,23,30)/t14-,18+/m1/s1. The largest absolute Gasteiger partial charge is 0.462 e. The van der Waals surface area contributed by atoms with Crippen LogP contribution in [0.5, 0.6) is 0 Å². The number of rotatable bonds is 12. The van der Waals surface area contributed by atoms with Gasteiger partial charge in [0.2, 0.25) is 5.71 Å². The second-order valence-electron chi connectivity index (χ2n) is 8.19. The highest BCUT2D eigenvalue weighted by Gasteiger charge is 2.55. The number of amidine groups is 1. The Morgan fingerprint density at radius 2 is 2.00 bits per heavy atom. The van der Waals surface area contributed by atoms with Crippen molar-refractivity contribution in [3.8, 4) is 0 Å². The van der Waals surface area contributed by atoms with E-state index in [9.17, 15) is 29.7 Å². The van der Waals surface area contributed by atoms with Crippen molar-refractivity contribution >= 4 is 41.3 Å². The van der Waals surface area contributed by atoms with E-state index in [1.807, 2.05) is 0 Å². The van der Waals surface area contributed by atoms with Crippen molar-refractivity contribution in [2.24, 2.45) is 21.5 Å². The van der Waals surface area contributed by atoms with Gasteiger partial charge in [-0.05, 0) is 17.3 Å². The summed E-state index contributed by atoms with van der Waals surface area (Å²) in [5.74, 6) is -2.18. The zero-order valence-electron chi connectivity index (χ0n) is 20.1. The third-order valence-corrected chi connectivity index (χ3v) is 7.03. The predicted molar refractivity (Wildman–Crippen MR) is 128 cm³/mol. The molecule has 2 aliphatic heterocycles. The van der Waals surface area contributed by atoms with E-state index < -0.39 is 67.1 Å². The number of aliphatic hydroxyl groups excluding tert-OH is 3. The first-order valence-electron chi connectivity index (χ1n) is 11.0. The van der Waals surface area contributed by atoms with Crippen LogP contribution in [-0.4, -0.2) is 112 Å². The van der Waals surface area contributed by atoms with Crippen LogP contribution in [0.15, 0.2) is 44.4 Å². The topological polar surface area (TPSA) is 239 Å². The zero-order chi connectivity index (χ0) is 27.9. The summed E-state index contributed by atoms with van der Waals surface area (Å²) in [7, 11) is 1.24. The number of amides is 2. The number of nitrogens with two attached hydrogens (primary N) is 1. The zero-order valence-corrected chi connectivity index (χ0v) is 20.9. The number of oxime groups is 2. The number of carbonyl (C=O) groups is 3. The van der Waals surface area contributed by atoms with E-state index >= 15 is 0 Å². The van der Waals surface area contributed by atoms with E-state index in [-0.39, 0.29) is 35.1 Å². The van der Waals surface area contributed by atoms with Crippen molar-refractivity contribution in [3.05, 3.63) is 35.4 Å². The normalized spacial score (nSPS) is 20.0. The molecule has 1 aromatic rings. The maximum atomic E-state index is 13.1. The summed E-state index contributed by atoms with van der Waals surface area (Å²) in [5.41, 5.74) is 3.66. The predicted octanol–water partition coefficient (Wildman–Crippen LogP) is -2.49. The molecule has 2 aliphatic rings. The van der Waals surface area contributed by atoms with E-state index in [1.165, 1.54) is 31.2 Å². The molecular weight excluding hydrogens is 530 g/mol. The smallest absolute Gasteiger partial charge is 0.355 e. The Kier molecular flexibility index (Phi) is 9.56. The Morgan fingerprint density at radius 1 is 1.29 bits per heavy atom. The second-order valence-corrected chi connectivity index (χ2v) is 9.30. The van der Waals surface area contributed by atoms with Gasteiger partial charge < -0.3 is 50.3 Å². The second kappa shape index (κ2) is 12.6. The molecule has 0 bridgehead atoms. The lowest BCUT2D eigenvalue weighted by atomic mass is 9.92. The number of hydrogen-bond acceptors (Lipinski definition) is 14. The highest BCUT2D eigenvalue weighted by Crippen LogP contribution is 2.41. The van der Waals surface area contributed by atoms with E-state index in [4.69, 9.17) is 29.7 Å². The van der Waals surface area contributed by atoms with Crippen molar-refractivity contribution in [3.63, 3.8) is 0 Å². The summed E-state index contributed by atoms with van der Waals surface area (Å²) in [4.78, 5) is 44.9. The number of aliphatic hydroxyl groups is 3. The van der Waals surface area contributed by atoms with Gasteiger partial charge in [-0.25, -0.2) is 4.79 Å². The van der Waals surface area contributed by atoms with E-state index in [1.54, 1.807) is 6.07 Å². The van der Waals surface area contributed by atoms with E-state index in [2.05, 4.69) is 15.6 Å². The Morgan fingerprint density at radius 3 is 2.58 bits per heavy atom. The van der Waals surface area contributed by atoms with Gasteiger partial charge in [-0.2, -0.15) is 0 Å². The number of carbonyl (C=O) groups excluding carboxylic acids is 3. The maximum absolute atomic E-state index is 13.1. The first-order chi connectivity index (χ1) is 18.2. The molecule has 2 amide bonds. The molecule has 208 valence electrons. The van der Waals surface area contributed by atoms with Crippen LogP contribution >= 0.6 is 11.8 Å². The van der Waals surface area contributed by atoms with Crippen LogP contribution in [-0.2, 0) is 28.7 Å². The number of ether oxygens (including phenoxy) is 2. The molecule has 7 N–H and O–H groups in total. The Bertz CT molecular complexity index is 1110. The highest BCUT2D eigenvalue weighted by molar-refractivity contribution is 8.00. The van der Waals surface area contributed by atoms with Crippen LogP contribution in [0.1, 0.15) is 5.76 Å². The molecule has 0 aliphatic carbocycles. The van der Waals surface area contributed by atoms with Crippen molar-refractivity contribution < 1.29 is 53.6 Å². The van der Waals surface area contributed by atoms with Crippen LogP contribution in [0.2, 0.25) is 0 Å². The highest BCUT2D eigenvalue weighted by atomic mass is 32.2. The Hall–Kier alpha value is -3.80. The molecule has 2 atom stereocenters. The number of β-lactam (4-membered cyclic amide) rings is 1. The first-order valence-corrected chi connectivity index (χ1v) is 12.0. The van der Waals surface area contributed by atoms with Crippen LogP contribution in [0.25, 0.3) is 0 Å². The lowest BCUT2D eigenvalue weighted by Crippen LogP contribution is -2.71. The van der Waals surface area contributed by atoms with Crippen LogP contribution in [0.4, 0.5) is 0 Å². The molecule has 0 aromatic carbocycles. The van der Waals surface area contributed by atoms with E-state index in [0.717, 1.165) is 4.90 Å². The molecule has 1 aromatic heterocycles. The minimum atomic E-state index is -1.51. The van der Waals surface area contributed by atoms with Gasteiger partial charge in [0.15, 0.2) is 5.76 Å². The Balaban J connectivity index is 1.82. The molecule has 0 radical (unpaired) electrons. The molecule has 0 saturated carbocycles. The van der Waals surface area contributed by atoms with Crippen LogP contribution in [0, 0.1) is 5.41 Å². The lowest BCUT2D eigenvalue weighted by Gasteiger charge is -2.49. The number of fused-ring (bicyclic) bond motifs is 1. The van der Waals surface area contributed by atoms with Gasteiger partial charge in [-0.15, -0.1) is 11.8 Å². The molecule has 1 saturated heterocycles. The monoisotopic (exact) mass is 557 g/mol. The minimum Gasteiger partial charge on any atom is -0.462 e. The summed E-state index contributed by atoms with van der Waals surface area (Å²) in [6.45, 7) is -2.94. The number of nitrogens with one attached hydrogen (secondary N) is 1. The average molecular weight is 558 g/mol. The molecule has 3 rings (SSSR count). The first kappa shape index (κ1) is 28.8. The minimum absolute atomic E-state index is 0.108. The maximum Gasteiger partial charge on any atom is 0.355 e. The van der Waals surface area contributed by atoms with Gasteiger partial charge in [0.25, 0.3) is 11.8 Å². The fourth-order valence-corrected chi connectivity index (χ4v) is 4.79. The third-order valence-electron chi connectivity index (χ3n) is 5.69. The van der Waals surface area contributed by atoms with Crippen molar-refractivity contribution in [2.45, 2.75) is 11.4 Å². The lowest BCUT2D eigenvalue weighted by molar-refractivity contribution is -0.156. The van der Waals surface area contributed by atoms with Crippen molar-refractivity contribution in [1.82, 2.24) is 10.2 Å². The molecule has 38 heavy (non-hydrogen) atoms. The van der Waals surface area contributed by atoms with Gasteiger partial charge in [0.05, 0.1) is 31.5 Å². The quantitative estimate of drug-likeness (QED) is 0.0390. The third kappa shape index (κ3) is 5.85. The average Bonchev–Trinajstić information content (AvgIpc) is 3.48. The van der Waals surface area contributed by atoms with Crippen molar-refractivity contribution in [2.75, 3.05) is 45.9 Å². The number of nitrogens with zero attached hydrogens (tertiary/aromatic N) is 3. The SMILES string of the molecule is CON=C(C(=O)N[C@@H]1C(=O)N2C(C(=O)OCC(CO)(CO)CO)=C(COC(N)=NO)CS[C@@H]12)c1ccco1. The fourth-order valence-electron chi connectivity index (χ4n) is 3.46. The number of thioether (sulfide) groups is 1. The van der Waals surface area contributed by atoms with Gasteiger partial charge in [0, 0.05) is 11.3 Å². The van der Waals surface area contributed by atoms with Gasteiger partial charge in [-0.1, -0.05) is 5.16 Å². The molecule has 17 heteroatoms. The van der Waals surface area contributed by atoms with Crippen molar-refractivity contribution in [1.29, 1.82) is 0 Å². The van der Waals surface area contributed by atoms with Crippen LogP contribution in [0.3, 0.4) is 0 Å². The molecule has 0 unspecified atom stereocenters. The molecule has 1 fully saturated rings. The molecule has 3 heterocycles. The summed E-state index contributed by atoms with van der Waals surface area (Å²) >= 11 is 1.20. The van der Waals surface area contributed by atoms with Gasteiger partial charge in [-0.3, -0.25) is 14.5 Å². The van der Waals surface area contributed by atoms with Gasteiger partial charge in [0.1, 0.15) is 37.4 Å². The fraction of sp³-hybridized carbons (Fsp3) is 0.476. The number of esters is 1. The summed E-state index contributed by atoms with van der Waals surface area (Å²) < 4.78 is 15.5. The molecule has 16 nitrogen and oxygen atoms in total. The summed E-state index contributed by atoms with van der Waals surface area (Å²) in [6, 6.07) is 1.39. The summed E-state index contributed by atoms with van der Waals surface area (Å²) in [5, 5.41) is 45.5. The molecular formula is C21H27N5O11S. The summed E-state index contributed by atoms with van der Waals surface area (Å²) in [6.07, 6.45) is 1.33. The van der Waals surface area contributed by atoms with Crippen LogP contribution < -0.4 is 11.1 Å². The van der Waals surface area contributed by atoms with E-state index in [0.29, 0.717) is 0 Å². The number of furan rings is 1. The Labute approximate surface area is 219 Å². The van der Waals surface area contributed by atoms with Gasteiger partial charge >= 0.3 is 12.0 Å².